The summed E-state index contributed by atoms with van der Waals surface area (Å²) in [6.45, 7) is 10.2. The normalized spacial score (nSPS) is 35.6. The molecule has 2 atom stereocenters. The summed E-state index contributed by atoms with van der Waals surface area (Å²) < 4.78 is 0. The smallest absolute Gasteiger partial charge is 0.0358 e. The highest BCUT2D eigenvalue weighted by Gasteiger charge is 2.43. The SMILES string of the molecule is CCN(CC)C1(CN)CCN2CCCC2C1. The lowest BCUT2D eigenvalue weighted by molar-refractivity contribution is 0.0166. The van der Waals surface area contributed by atoms with Gasteiger partial charge in [0.05, 0.1) is 0 Å². The maximum atomic E-state index is 6.11. The fraction of sp³-hybridized carbons (Fsp3) is 1.00. The number of nitrogens with zero attached hydrogens (tertiary/aromatic N) is 2. The molecule has 2 aliphatic heterocycles. The molecule has 2 aliphatic rings. The number of fused-ring (bicyclic) bond motifs is 1. The van der Waals surface area contributed by atoms with Crippen LogP contribution in [0, 0.1) is 0 Å². The van der Waals surface area contributed by atoms with Crippen LogP contribution in [0.4, 0.5) is 0 Å². The lowest BCUT2D eigenvalue weighted by atomic mass is 9.81. The number of rotatable bonds is 4. The van der Waals surface area contributed by atoms with Gasteiger partial charge >= 0.3 is 0 Å². The molecular weight excluding hydrogens is 198 g/mol. The van der Waals surface area contributed by atoms with Gasteiger partial charge in [0.1, 0.15) is 0 Å². The van der Waals surface area contributed by atoms with Crippen LogP contribution in [0.1, 0.15) is 39.5 Å². The van der Waals surface area contributed by atoms with Gasteiger partial charge in [0, 0.05) is 24.7 Å². The molecule has 0 amide bonds. The van der Waals surface area contributed by atoms with Crippen LogP contribution in [-0.4, -0.2) is 54.1 Å². The molecule has 0 bridgehead atoms. The van der Waals surface area contributed by atoms with Crippen LogP contribution in [0.15, 0.2) is 0 Å². The summed E-state index contributed by atoms with van der Waals surface area (Å²) in [4.78, 5) is 5.28. The summed E-state index contributed by atoms with van der Waals surface area (Å²) in [5.74, 6) is 0. The van der Waals surface area contributed by atoms with Crippen LogP contribution in [0.2, 0.25) is 0 Å². The summed E-state index contributed by atoms with van der Waals surface area (Å²) >= 11 is 0. The maximum absolute atomic E-state index is 6.11. The summed E-state index contributed by atoms with van der Waals surface area (Å²) in [7, 11) is 0. The Labute approximate surface area is 100.0 Å². The van der Waals surface area contributed by atoms with E-state index in [9.17, 15) is 0 Å². The van der Waals surface area contributed by atoms with E-state index < -0.39 is 0 Å². The van der Waals surface area contributed by atoms with Gasteiger partial charge in [0.15, 0.2) is 0 Å². The second-order valence-electron chi connectivity index (χ2n) is 5.39. The van der Waals surface area contributed by atoms with Crippen molar-refractivity contribution in [2.45, 2.75) is 51.1 Å². The Morgan fingerprint density at radius 3 is 2.69 bits per heavy atom. The van der Waals surface area contributed by atoms with E-state index >= 15 is 0 Å². The molecule has 2 saturated heterocycles. The molecule has 2 rings (SSSR count). The molecule has 0 aliphatic carbocycles. The first-order valence-electron chi connectivity index (χ1n) is 6.95. The molecule has 0 aromatic rings. The molecule has 3 heteroatoms. The van der Waals surface area contributed by atoms with E-state index in [4.69, 9.17) is 5.73 Å². The highest BCUT2D eigenvalue weighted by Crippen LogP contribution is 2.36. The van der Waals surface area contributed by atoms with Crippen molar-refractivity contribution in [1.29, 1.82) is 0 Å². The van der Waals surface area contributed by atoms with E-state index in [0.29, 0.717) is 5.54 Å². The minimum atomic E-state index is 0.301. The number of hydrogen-bond donors (Lipinski definition) is 1. The van der Waals surface area contributed by atoms with Crippen molar-refractivity contribution < 1.29 is 0 Å². The standard InChI is InChI=1S/C13H27N3/c1-3-16(4-2)13(11-14)7-9-15-8-5-6-12(15)10-13/h12H,3-11,14H2,1-2H3. The summed E-state index contributed by atoms with van der Waals surface area (Å²) in [5.41, 5.74) is 6.41. The molecule has 94 valence electrons. The van der Waals surface area contributed by atoms with Gasteiger partial charge < -0.3 is 10.6 Å². The second-order valence-corrected chi connectivity index (χ2v) is 5.39. The molecule has 0 aromatic heterocycles. The van der Waals surface area contributed by atoms with Crippen molar-refractivity contribution in [3.63, 3.8) is 0 Å². The third-order valence-corrected chi connectivity index (χ3v) is 4.79. The Bertz CT molecular complexity index is 227. The monoisotopic (exact) mass is 225 g/mol. The number of likely N-dealkylation sites (N-methyl/N-ethyl adjacent to an activating group) is 1. The van der Waals surface area contributed by atoms with Crippen molar-refractivity contribution in [1.82, 2.24) is 9.80 Å². The Kier molecular flexibility index (Phi) is 3.88. The molecule has 2 heterocycles. The minimum absolute atomic E-state index is 0.301. The molecule has 16 heavy (non-hydrogen) atoms. The van der Waals surface area contributed by atoms with E-state index in [1.54, 1.807) is 0 Å². The fourth-order valence-electron chi connectivity index (χ4n) is 3.81. The van der Waals surface area contributed by atoms with E-state index in [1.807, 2.05) is 0 Å². The molecule has 3 nitrogen and oxygen atoms in total. The van der Waals surface area contributed by atoms with Crippen molar-refractivity contribution >= 4 is 0 Å². The topological polar surface area (TPSA) is 32.5 Å². The molecule has 0 saturated carbocycles. The quantitative estimate of drug-likeness (QED) is 0.782. The molecular formula is C13H27N3. The zero-order valence-corrected chi connectivity index (χ0v) is 10.9. The molecule has 0 spiro atoms. The molecule has 0 radical (unpaired) electrons. The third-order valence-electron chi connectivity index (χ3n) is 4.79. The zero-order valence-electron chi connectivity index (χ0n) is 10.9. The van der Waals surface area contributed by atoms with Gasteiger partial charge in [0.2, 0.25) is 0 Å². The summed E-state index contributed by atoms with van der Waals surface area (Å²) in [5, 5.41) is 0. The number of hydrogen-bond acceptors (Lipinski definition) is 3. The molecule has 0 aromatic carbocycles. The fourth-order valence-corrected chi connectivity index (χ4v) is 3.81. The number of piperidine rings is 1. The van der Waals surface area contributed by atoms with E-state index in [-0.39, 0.29) is 0 Å². The largest absolute Gasteiger partial charge is 0.329 e. The van der Waals surface area contributed by atoms with Crippen LogP contribution < -0.4 is 5.73 Å². The lowest BCUT2D eigenvalue weighted by Gasteiger charge is -2.49. The lowest BCUT2D eigenvalue weighted by Crippen LogP contribution is -2.60. The van der Waals surface area contributed by atoms with Gasteiger partial charge in [-0.15, -0.1) is 0 Å². The van der Waals surface area contributed by atoms with Gasteiger partial charge in [-0.3, -0.25) is 4.90 Å². The van der Waals surface area contributed by atoms with Crippen molar-refractivity contribution in [2.24, 2.45) is 5.73 Å². The van der Waals surface area contributed by atoms with Gasteiger partial charge in [-0.05, 0) is 45.3 Å². The van der Waals surface area contributed by atoms with Crippen LogP contribution in [0.3, 0.4) is 0 Å². The maximum Gasteiger partial charge on any atom is 0.0358 e. The average molecular weight is 225 g/mol. The van der Waals surface area contributed by atoms with E-state index in [0.717, 1.165) is 25.7 Å². The highest BCUT2D eigenvalue weighted by atomic mass is 15.3. The van der Waals surface area contributed by atoms with Crippen LogP contribution in [0.5, 0.6) is 0 Å². The van der Waals surface area contributed by atoms with Crippen LogP contribution in [0.25, 0.3) is 0 Å². The first kappa shape index (κ1) is 12.3. The molecule has 2 N–H and O–H groups in total. The average Bonchev–Trinajstić information content (AvgIpc) is 2.77. The predicted octanol–water partition coefficient (Wildman–Crippen LogP) is 1.28. The first-order valence-corrected chi connectivity index (χ1v) is 6.95. The first-order chi connectivity index (χ1) is 7.75. The Hall–Kier alpha value is -0.120. The van der Waals surface area contributed by atoms with E-state index in [2.05, 4.69) is 23.6 Å². The van der Waals surface area contributed by atoms with E-state index in [1.165, 1.54) is 38.8 Å². The Morgan fingerprint density at radius 2 is 2.06 bits per heavy atom. The minimum Gasteiger partial charge on any atom is -0.329 e. The van der Waals surface area contributed by atoms with Gasteiger partial charge in [-0.25, -0.2) is 0 Å². The van der Waals surface area contributed by atoms with Gasteiger partial charge in [0.25, 0.3) is 0 Å². The summed E-state index contributed by atoms with van der Waals surface area (Å²) in [6, 6.07) is 0.817. The molecule has 2 unspecified atom stereocenters. The van der Waals surface area contributed by atoms with Crippen molar-refractivity contribution in [3.8, 4) is 0 Å². The van der Waals surface area contributed by atoms with Crippen LogP contribution in [-0.2, 0) is 0 Å². The third kappa shape index (κ3) is 2.01. The van der Waals surface area contributed by atoms with Crippen molar-refractivity contribution in [2.75, 3.05) is 32.7 Å². The Morgan fingerprint density at radius 1 is 1.31 bits per heavy atom. The second kappa shape index (κ2) is 5.03. The van der Waals surface area contributed by atoms with Crippen molar-refractivity contribution in [3.05, 3.63) is 0 Å². The summed E-state index contributed by atoms with van der Waals surface area (Å²) in [6.07, 6.45) is 5.35. The zero-order chi connectivity index (χ0) is 11.6. The van der Waals surface area contributed by atoms with Crippen LogP contribution >= 0.6 is 0 Å². The highest BCUT2D eigenvalue weighted by molar-refractivity contribution is 5.01. The van der Waals surface area contributed by atoms with Gasteiger partial charge in [-0.2, -0.15) is 0 Å². The van der Waals surface area contributed by atoms with Gasteiger partial charge in [-0.1, -0.05) is 13.8 Å². The number of nitrogens with two attached hydrogens (primary N) is 1. The molecule has 2 fully saturated rings. The Balaban J connectivity index is 2.09. The predicted molar refractivity (Wildman–Crippen MR) is 68.5 cm³/mol.